The normalized spacial score (nSPS) is 14.3. The molecule has 392 valence electrons. The number of aromatic nitrogens is 4. The van der Waals surface area contributed by atoms with Crippen molar-refractivity contribution < 1.29 is 10.0 Å². The zero-order valence-corrected chi connectivity index (χ0v) is 43.5. The SMILES string of the molecule is C.CC(C)(C)c1ccc(-c2nc3c(N4CCN(Cc5ccc(N)c(N)c5)CC4)cccc3[nH]2)cc1.CC(C)(C)c1ccc(-c2nc3c(N4CCN(Cc5ccc([N+](=O)[O-])c(N=[N+]=[N-])c5)CC4)cccc3[nH]2)cc1.CO. The molecule has 2 fully saturated rings. The Hall–Kier alpha value is -7.95. The molecule has 17 nitrogen and oxygen atoms in total. The second kappa shape index (κ2) is 23.5. The predicted octanol–water partition coefficient (Wildman–Crippen LogP) is 12.0. The average molecular weight is 1010 g/mol. The molecule has 0 unspecified atom stereocenters. The zero-order chi connectivity index (χ0) is 52.7. The number of nitrogens with two attached hydrogens (primary N) is 2. The van der Waals surface area contributed by atoms with E-state index in [1.807, 2.05) is 12.1 Å². The van der Waals surface area contributed by atoms with Crippen LogP contribution < -0.4 is 21.3 Å². The summed E-state index contributed by atoms with van der Waals surface area (Å²) in [5, 5.41) is 21.7. The predicted molar refractivity (Wildman–Crippen MR) is 307 cm³/mol. The van der Waals surface area contributed by atoms with Gasteiger partial charge in [0.15, 0.2) is 0 Å². The number of nitrogen functional groups attached to an aromatic ring is 2. The number of fused-ring (bicyclic) bond motifs is 2. The van der Waals surface area contributed by atoms with Gasteiger partial charge in [-0.2, -0.15) is 0 Å². The van der Waals surface area contributed by atoms with Crippen LogP contribution in [-0.2, 0) is 23.9 Å². The number of H-pyrrole nitrogens is 2. The van der Waals surface area contributed by atoms with Gasteiger partial charge in [0.25, 0.3) is 5.69 Å². The molecular formula is C58H72N14O3. The van der Waals surface area contributed by atoms with Gasteiger partial charge in [0.05, 0.1) is 38.7 Å². The Morgan fingerprint density at radius 2 is 1.05 bits per heavy atom. The quantitative estimate of drug-likeness (QED) is 0.0216. The molecule has 8 aromatic rings. The van der Waals surface area contributed by atoms with Crippen molar-refractivity contribution in [2.75, 3.05) is 80.7 Å². The second-order valence-corrected chi connectivity index (χ2v) is 20.9. The number of hydrogen-bond acceptors (Lipinski definition) is 12. The van der Waals surface area contributed by atoms with Gasteiger partial charge in [-0.1, -0.05) is 127 Å². The van der Waals surface area contributed by atoms with E-state index in [0.717, 1.165) is 122 Å². The molecule has 75 heavy (non-hydrogen) atoms. The number of hydrogen-bond donors (Lipinski definition) is 5. The maximum atomic E-state index is 11.2. The summed E-state index contributed by atoms with van der Waals surface area (Å²) < 4.78 is 0. The van der Waals surface area contributed by atoms with Crippen molar-refractivity contribution >= 4 is 56.2 Å². The largest absolute Gasteiger partial charge is 0.400 e. The molecule has 4 heterocycles. The van der Waals surface area contributed by atoms with E-state index >= 15 is 0 Å². The summed E-state index contributed by atoms with van der Waals surface area (Å²) in [4.78, 5) is 40.0. The molecule has 0 amide bonds. The molecule has 0 aliphatic carbocycles. The van der Waals surface area contributed by atoms with Crippen LogP contribution in [0, 0.1) is 10.1 Å². The van der Waals surface area contributed by atoms with Crippen LogP contribution in [-0.4, -0.2) is 99.2 Å². The van der Waals surface area contributed by atoms with Gasteiger partial charge in [-0.15, -0.1) is 0 Å². The lowest BCUT2D eigenvalue weighted by Gasteiger charge is -2.36. The number of nitrogens with zero attached hydrogens (tertiary/aromatic N) is 10. The molecule has 0 radical (unpaired) electrons. The minimum Gasteiger partial charge on any atom is -0.400 e. The Bertz CT molecular complexity index is 3260. The van der Waals surface area contributed by atoms with Gasteiger partial charge >= 0.3 is 0 Å². The van der Waals surface area contributed by atoms with Crippen molar-refractivity contribution in [2.24, 2.45) is 5.11 Å². The summed E-state index contributed by atoms with van der Waals surface area (Å²) in [6.45, 7) is 22.1. The van der Waals surface area contributed by atoms with E-state index < -0.39 is 4.92 Å². The van der Waals surface area contributed by atoms with Crippen LogP contribution in [0.15, 0.2) is 126 Å². The monoisotopic (exact) mass is 1010 g/mol. The van der Waals surface area contributed by atoms with Crippen molar-refractivity contribution in [3.63, 3.8) is 0 Å². The van der Waals surface area contributed by atoms with Gasteiger partial charge in [0, 0.05) is 94.7 Å². The van der Waals surface area contributed by atoms with Gasteiger partial charge in [-0.05, 0) is 81.1 Å². The number of azide groups is 1. The Morgan fingerprint density at radius 3 is 1.45 bits per heavy atom. The van der Waals surface area contributed by atoms with Crippen LogP contribution in [0.25, 0.3) is 55.3 Å². The average Bonchev–Trinajstić information content (AvgIpc) is 4.04. The third-order valence-corrected chi connectivity index (χ3v) is 13.8. The molecule has 2 aliphatic heterocycles. The summed E-state index contributed by atoms with van der Waals surface area (Å²) in [6.07, 6.45) is 0. The minimum atomic E-state index is -0.533. The van der Waals surface area contributed by atoms with Crippen molar-refractivity contribution in [3.8, 4) is 22.8 Å². The highest BCUT2D eigenvalue weighted by Gasteiger charge is 2.24. The molecular weight excluding hydrogens is 941 g/mol. The van der Waals surface area contributed by atoms with E-state index in [-0.39, 0.29) is 29.6 Å². The molecule has 17 heteroatoms. The maximum Gasteiger partial charge on any atom is 0.279 e. The first kappa shape index (κ1) is 54.8. The fraction of sp³-hybridized carbons (Fsp3) is 0.345. The van der Waals surface area contributed by atoms with E-state index in [1.54, 1.807) is 12.1 Å². The Balaban J connectivity index is 0.000000210. The molecule has 10 rings (SSSR count). The van der Waals surface area contributed by atoms with E-state index in [1.165, 1.54) is 28.4 Å². The van der Waals surface area contributed by atoms with Crippen molar-refractivity contribution in [2.45, 2.75) is 72.9 Å². The standard InChI is InChI=1S/C28H30N8O2.C28H34N6.CH4O.CH4/c1-28(2,3)21-10-8-20(9-11-21)27-30-22-5-4-6-25(26(22)31-27)35-15-13-34(14-16-35)18-19-7-12-24(36(37)38)23(17-19)32-33-29;1-28(2,3)21-10-8-20(9-11-21)27-31-24-5-4-6-25(26(24)32-27)34-15-13-33(14-16-34)18-19-7-12-22(29)23(30)17-19;1-2;/h4-12,17H,13-16,18H2,1-3H3,(H,30,31);4-12,17H,13-16,18,29-30H2,1-3H3,(H,31,32);2H,1H3;1H4. The first-order valence-corrected chi connectivity index (χ1v) is 25.1. The number of aromatic amines is 2. The maximum absolute atomic E-state index is 11.2. The highest BCUT2D eigenvalue weighted by Crippen LogP contribution is 2.34. The molecule has 0 bridgehead atoms. The van der Waals surface area contributed by atoms with E-state index in [9.17, 15) is 10.1 Å². The van der Waals surface area contributed by atoms with E-state index in [0.29, 0.717) is 17.9 Å². The van der Waals surface area contributed by atoms with Crippen LogP contribution >= 0.6 is 0 Å². The number of benzene rings is 6. The number of aliphatic hydroxyl groups excluding tert-OH is 1. The number of aliphatic hydroxyl groups is 1. The summed E-state index contributed by atoms with van der Waals surface area (Å²) in [7, 11) is 1.00. The molecule has 7 N–H and O–H groups in total. The second-order valence-electron chi connectivity index (χ2n) is 20.9. The zero-order valence-electron chi connectivity index (χ0n) is 43.5. The van der Waals surface area contributed by atoms with Gasteiger partial charge < -0.3 is 36.3 Å². The van der Waals surface area contributed by atoms with Crippen LogP contribution in [0.1, 0.15) is 71.2 Å². The number of para-hydroxylation sites is 2. The number of imidazole rings is 2. The fourth-order valence-corrected chi connectivity index (χ4v) is 9.56. The molecule has 2 aromatic heterocycles. The minimum absolute atomic E-state index is 0. The van der Waals surface area contributed by atoms with Crippen LogP contribution in [0.2, 0.25) is 0 Å². The summed E-state index contributed by atoms with van der Waals surface area (Å²) in [5.74, 6) is 1.78. The summed E-state index contributed by atoms with van der Waals surface area (Å²) in [6, 6.07) is 40.7. The third kappa shape index (κ3) is 12.9. The summed E-state index contributed by atoms with van der Waals surface area (Å²) >= 11 is 0. The number of nitrogens with one attached hydrogen (secondary N) is 2. The molecule has 0 atom stereocenters. The lowest BCUT2D eigenvalue weighted by atomic mass is 9.87. The molecule has 6 aromatic carbocycles. The smallest absolute Gasteiger partial charge is 0.279 e. The number of piperazine rings is 2. The number of rotatable bonds is 10. The lowest BCUT2D eigenvalue weighted by Crippen LogP contribution is -2.46. The molecule has 0 spiro atoms. The number of anilines is 4. The third-order valence-electron chi connectivity index (χ3n) is 13.8. The van der Waals surface area contributed by atoms with Crippen LogP contribution in [0.3, 0.4) is 0 Å². The fourth-order valence-electron chi connectivity index (χ4n) is 9.56. The van der Waals surface area contributed by atoms with Crippen molar-refractivity contribution in [1.29, 1.82) is 0 Å². The Kier molecular flexibility index (Phi) is 17.2. The van der Waals surface area contributed by atoms with Crippen molar-refractivity contribution in [3.05, 3.63) is 164 Å². The van der Waals surface area contributed by atoms with Gasteiger partial charge in [-0.25, -0.2) is 9.97 Å². The van der Waals surface area contributed by atoms with Gasteiger partial charge in [0.2, 0.25) is 0 Å². The molecule has 0 saturated carbocycles. The highest BCUT2D eigenvalue weighted by atomic mass is 16.6. The first-order chi connectivity index (χ1) is 35.5. The highest BCUT2D eigenvalue weighted by molar-refractivity contribution is 5.92. The van der Waals surface area contributed by atoms with Gasteiger partial charge in [0.1, 0.15) is 28.4 Å². The summed E-state index contributed by atoms with van der Waals surface area (Å²) in [5.41, 5.74) is 35.3. The van der Waals surface area contributed by atoms with Gasteiger partial charge in [-0.3, -0.25) is 19.9 Å². The number of nitro benzene ring substituents is 1. The van der Waals surface area contributed by atoms with Crippen LogP contribution in [0.4, 0.5) is 34.1 Å². The lowest BCUT2D eigenvalue weighted by molar-refractivity contribution is -0.384. The Labute approximate surface area is 440 Å². The molecule has 2 saturated heterocycles. The van der Waals surface area contributed by atoms with Crippen molar-refractivity contribution in [1.82, 2.24) is 29.7 Å². The van der Waals surface area contributed by atoms with Crippen LogP contribution in [0.5, 0.6) is 0 Å². The number of nitro groups is 1. The topological polar surface area (TPSA) is 234 Å². The molecule has 2 aliphatic rings. The first-order valence-electron chi connectivity index (χ1n) is 25.1. The van der Waals surface area contributed by atoms with E-state index in [4.69, 9.17) is 32.1 Å². The Morgan fingerprint density at radius 1 is 0.627 bits per heavy atom. The van der Waals surface area contributed by atoms with E-state index in [2.05, 4.69) is 172 Å².